The summed E-state index contributed by atoms with van der Waals surface area (Å²) in [5.41, 5.74) is 0. The zero-order valence-corrected chi connectivity index (χ0v) is 14.4. The summed E-state index contributed by atoms with van der Waals surface area (Å²) in [6, 6.07) is 2.09. The van der Waals surface area contributed by atoms with Crippen LogP contribution in [0.25, 0.3) is 0 Å². The molecule has 3 rings (SSSR count). The number of nitrogens with zero attached hydrogens (tertiary/aromatic N) is 1. The summed E-state index contributed by atoms with van der Waals surface area (Å²) in [5, 5.41) is -0.378. The molecule has 0 aromatic heterocycles. The molecule has 0 unspecified atom stereocenters. The van der Waals surface area contributed by atoms with Crippen molar-refractivity contribution in [3.8, 4) is 0 Å². The molecule has 24 heavy (non-hydrogen) atoms. The van der Waals surface area contributed by atoms with E-state index in [0.29, 0.717) is 32.2 Å². The highest BCUT2D eigenvalue weighted by Crippen LogP contribution is 2.32. The molecule has 0 amide bonds. The monoisotopic (exact) mass is 380 g/mol. The van der Waals surface area contributed by atoms with Crippen LogP contribution in [0.15, 0.2) is 23.1 Å². The smallest absolute Gasteiger partial charge is 0.212 e. The first-order valence-corrected chi connectivity index (χ1v) is 10.7. The summed E-state index contributed by atoms with van der Waals surface area (Å²) in [5.74, 6) is -2.36. The summed E-state index contributed by atoms with van der Waals surface area (Å²) < 4.78 is 80.1. The van der Waals surface area contributed by atoms with E-state index in [2.05, 4.69) is 4.72 Å². The van der Waals surface area contributed by atoms with E-state index in [9.17, 15) is 25.6 Å². The van der Waals surface area contributed by atoms with E-state index in [0.717, 1.165) is 18.2 Å². The first-order valence-electron chi connectivity index (χ1n) is 7.67. The van der Waals surface area contributed by atoms with Crippen molar-refractivity contribution >= 4 is 20.0 Å². The Kier molecular flexibility index (Phi) is 4.67. The molecule has 1 aliphatic carbocycles. The van der Waals surface area contributed by atoms with Gasteiger partial charge in [-0.2, -0.15) is 0 Å². The molecule has 1 atom stereocenters. The quantitative estimate of drug-likeness (QED) is 0.832. The van der Waals surface area contributed by atoms with Crippen LogP contribution in [0, 0.1) is 11.6 Å². The minimum atomic E-state index is -4.42. The molecule has 0 radical (unpaired) electrons. The lowest BCUT2D eigenvalue weighted by molar-refractivity contribution is 0.302. The minimum Gasteiger partial charge on any atom is -0.212 e. The van der Waals surface area contributed by atoms with Crippen molar-refractivity contribution < 1.29 is 25.6 Å². The first kappa shape index (κ1) is 17.7. The van der Waals surface area contributed by atoms with Gasteiger partial charge in [0.15, 0.2) is 4.90 Å². The maximum Gasteiger partial charge on any atom is 0.246 e. The van der Waals surface area contributed by atoms with Gasteiger partial charge in [-0.15, -0.1) is 0 Å². The van der Waals surface area contributed by atoms with E-state index in [4.69, 9.17) is 0 Å². The van der Waals surface area contributed by atoms with E-state index < -0.39 is 42.6 Å². The molecule has 1 aromatic carbocycles. The van der Waals surface area contributed by atoms with Crippen LogP contribution in [0.5, 0.6) is 0 Å². The van der Waals surface area contributed by atoms with Gasteiger partial charge in [0.2, 0.25) is 20.0 Å². The van der Waals surface area contributed by atoms with Crippen LogP contribution >= 0.6 is 0 Å². The lowest BCUT2D eigenvalue weighted by atomic mass is 10.1. The number of hydrogen-bond acceptors (Lipinski definition) is 4. The molecular weight excluding hydrogens is 362 g/mol. The van der Waals surface area contributed by atoms with Gasteiger partial charge in [0, 0.05) is 19.1 Å². The molecular formula is C14H18F2N2O4S2. The molecule has 10 heteroatoms. The maximum atomic E-state index is 13.7. The lowest BCUT2D eigenvalue weighted by Crippen LogP contribution is -2.50. The van der Waals surface area contributed by atoms with Crippen LogP contribution in [0.4, 0.5) is 8.78 Å². The Labute approximate surface area is 140 Å². The number of sulfonamides is 2. The van der Waals surface area contributed by atoms with Crippen molar-refractivity contribution in [2.24, 2.45) is 0 Å². The summed E-state index contributed by atoms with van der Waals surface area (Å²) >= 11 is 0. The number of nitrogens with one attached hydrogen (secondary N) is 1. The van der Waals surface area contributed by atoms with E-state index in [1.54, 1.807) is 0 Å². The van der Waals surface area contributed by atoms with Crippen LogP contribution < -0.4 is 4.72 Å². The largest absolute Gasteiger partial charge is 0.246 e. The molecule has 1 aliphatic heterocycles. The van der Waals surface area contributed by atoms with Crippen LogP contribution in [-0.2, 0) is 20.0 Å². The third-order valence-electron chi connectivity index (χ3n) is 4.20. The highest BCUT2D eigenvalue weighted by atomic mass is 32.2. The van der Waals surface area contributed by atoms with E-state index >= 15 is 0 Å². The maximum absolute atomic E-state index is 13.7. The van der Waals surface area contributed by atoms with Gasteiger partial charge in [-0.25, -0.2) is 34.6 Å². The number of rotatable bonds is 5. The summed E-state index contributed by atoms with van der Waals surface area (Å²) in [6.45, 7) is 0.319. The van der Waals surface area contributed by atoms with Crippen molar-refractivity contribution in [3.05, 3.63) is 29.8 Å². The normalized spacial score (nSPS) is 23.3. The number of piperidine rings is 1. The van der Waals surface area contributed by atoms with Crippen LogP contribution in [0.3, 0.4) is 0 Å². The van der Waals surface area contributed by atoms with Gasteiger partial charge in [-0.3, -0.25) is 0 Å². The predicted octanol–water partition coefficient (Wildman–Crippen LogP) is 1.20. The van der Waals surface area contributed by atoms with Crippen molar-refractivity contribution in [1.29, 1.82) is 0 Å². The molecule has 134 valence electrons. The Morgan fingerprint density at radius 2 is 1.67 bits per heavy atom. The SMILES string of the molecule is O=S(=O)(N[C@@H]1CCCN(S(=O)(=O)C2CC2)C1)c1c(F)cccc1F. The average Bonchev–Trinajstić information content (AvgIpc) is 3.31. The Bertz CT molecular complexity index is 818. The fourth-order valence-corrected chi connectivity index (χ4v) is 6.19. The van der Waals surface area contributed by atoms with Gasteiger partial charge in [-0.1, -0.05) is 6.07 Å². The molecule has 2 fully saturated rings. The fourth-order valence-electron chi connectivity index (χ4n) is 2.86. The second-order valence-electron chi connectivity index (χ2n) is 6.11. The Morgan fingerprint density at radius 3 is 2.25 bits per heavy atom. The van der Waals surface area contributed by atoms with Gasteiger partial charge in [-0.05, 0) is 37.8 Å². The predicted molar refractivity (Wildman–Crippen MR) is 83.2 cm³/mol. The third-order valence-corrected chi connectivity index (χ3v) is 8.14. The van der Waals surface area contributed by atoms with Crippen molar-refractivity contribution in [3.63, 3.8) is 0 Å². The molecule has 1 saturated heterocycles. The lowest BCUT2D eigenvalue weighted by Gasteiger charge is -2.32. The summed E-state index contributed by atoms with van der Waals surface area (Å²) in [6.07, 6.45) is 2.14. The first-order chi connectivity index (χ1) is 11.2. The zero-order chi connectivity index (χ0) is 17.5. The second-order valence-corrected chi connectivity index (χ2v) is 9.98. The topological polar surface area (TPSA) is 83.6 Å². The Balaban J connectivity index is 1.78. The highest BCUT2D eigenvalue weighted by Gasteiger charge is 2.42. The third kappa shape index (κ3) is 3.46. The molecule has 1 saturated carbocycles. The second kappa shape index (κ2) is 6.32. The molecule has 6 nitrogen and oxygen atoms in total. The zero-order valence-electron chi connectivity index (χ0n) is 12.8. The molecule has 0 bridgehead atoms. The molecule has 1 aromatic rings. The van der Waals surface area contributed by atoms with Crippen molar-refractivity contribution in [2.75, 3.05) is 13.1 Å². The Morgan fingerprint density at radius 1 is 1.04 bits per heavy atom. The molecule has 2 aliphatic rings. The Hall–Kier alpha value is -1.10. The highest BCUT2D eigenvalue weighted by molar-refractivity contribution is 7.90. The number of benzene rings is 1. The van der Waals surface area contributed by atoms with Gasteiger partial charge >= 0.3 is 0 Å². The van der Waals surface area contributed by atoms with Gasteiger partial charge in [0.1, 0.15) is 11.6 Å². The molecule has 1 N–H and O–H groups in total. The van der Waals surface area contributed by atoms with Crippen LogP contribution in [0.2, 0.25) is 0 Å². The van der Waals surface area contributed by atoms with Gasteiger partial charge in [0.25, 0.3) is 0 Å². The van der Waals surface area contributed by atoms with Gasteiger partial charge in [0.05, 0.1) is 5.25 Å². The van der Waals surface area contributed by atoms with Crippen molar-refractivity contribution in [2.45, 2.75) is 41.9 Å². The molecule has 0 spiro atoms. The number of halogens is 2. The van der Waals surface area contributed by atoms with Crippen molar-refractivity contribution in [1.82, 2.24) is 9.03 Å². The van der Waals surface area contributed by atoms with Gasteiger partial charge < -0.3 is 0 Å². The number of hydrogen-bond donors (Lipinski definition) is 1. The summed E-state index contributed by atoms with van der Waals surface area (Å²) in [4.78, 5) is -1.04. The molecule has 1 heterocycles. The summed E-state index contributed by atoms with van der Waals surface area (Å²) in [7, 11) is -7.82. The van der Waals surface area contributed by atoms with Crippen LogP contribution in [-0.4, -0.2) is 45.5 Å². The van der Waals surface area contributed by atoms with E-state index in [1.807, 2.05) is 0 Å². The van der Waals surface area contributed by atoms with E-state index in [1.165, 1.54) is 4.31 Å². The average molecular weight is 380 g/mol. The fraction of sp³-hybridized carbons (Fsp3) is 0.571. The standard InChI is InChI=1S/C14H18F2N2O4S2/c15-12-4-1-5-13(16)14(12)23(19,20)17-10-3-2-8-18(9-10)24(21,22)11-6-7-11/h1,4-5,10-11,17H,2-3,6-9H2/t10-/m1/s1. The minimum absolute atomic E-state index is 0.0197. The van der Waals surface area contributed by atoms with E-state index in [-0.39, 0.29) is 11.8 Å². The van der Waals surface area contributed by atoms with Crippen LogP contribution in [0.1, 0.15) is 25.7 Å².